The van der Waals surface area contributed by atoms with E-state index < -0.39 is 5.97 Å². The minimum atomic E-state index is -0.466. The van der Waals surface area contributed by atoms with Crippen LogP contribution in [-0.2, 0) is 22.4 Å². The average Bonchev–Trinajstić information content (AvgIpc) is 3.13. The molecule has 2 aromatic carbocycles. The van der Waals surface area contributed by atoms with Crippen LogP contribution < -0.4 is 5.32 Å². The summed E-state index contributed by atoms with van der Waals surface area (Å²) in [6.07, 6.45) is 4.48. The van der Waals surface area contributed by atoms with Crippen LogP contribution in [0.15, 0.2) is 53.4 Å². The molecular formula is C23H24N2O3S. The second-order valence-electron chi connectivity index (χ2n) is 7.14. The second kappa shape index (κ2) is 9.18. The number of amides is 1. The third-order valence-electron chi connectivity index (χ3n) is 5.10. The van der Waals surface area contributed by atoms with E-state index in [2.05, 4.69) is 10.3 Å². The number of carbonyl (C=O) groups is 2. The molecule has 0 atom stereocenters. The number of aromatic amines is 1. The third-order valence-corrected chi connectivity index (χ3v) is 6.12. The highest BCUT2D eigenvalue weighted by Gasteiger charge is 2.17. The van der Waals surface area contributed by atoms with Crippen LogP contribution in [0.25, 0.3) is 10.9 Å². The Hall–Kier alpha value is -2.73. The average molecular weight is 409 g/mol. The minimum Gasteiger partial charge on any atom is -0.452 e. The lowest BCUT2D eigenvalue weighted by Gasteiger charge is -2.10. The summed E-state index contributed by atoms with van der Waals surface area (Å²) in [5.74, 6) is 0.0116. The molecule has 1 aliphatic rings. The van der Waals surface area contributed by atoms with Gasteiger partial charge in [0.05, 0.1) is 5.56 Å². The number of rotatable bonds is 7. The lowest BCUT2D eigenvalue weighted by molar-refractivity contribution is -0.124. The number of ether oxygens (including phenoxy) is 1. The molecule has 0 spiro atoms. The van der Waals surface area contributed by atoms with Crippen molar-refractivity contribution in [3.8, 4) is 0 Å². The van der Waals surface area contributed by atoms with Crippen LogP contribution in [0.1, 0.15) is 34.5 Å². The van der Waals surface area contributed by atoms with Crippen molar-refractivity contribution in [2.75, 3.05) is 18.9 Å². The summed E-state index contributed by atoms with van der Waals surface area (Å²) in [7, 11) is 0. The Kier molecular flexibility index (Phi) is 6.20. The molecule has 0 saturated carbocycles. The van der Waals surface area contributed by atoms with Gasteiger partial charge in [0.15, 0.2) is 6.61 Å². The van der Waals surface area contributed by atoms with Gasteiger partial charge in [-0.15, -0.1) is 11.8 Å². The maximum atomic E-state index is 12.4. The molecule has 1 aliphatic carbocycles. The number of benzene rings is 2. The first-order valence-corrected chi connectivity index (χ1v) is 10.9. The smallest absolute Gasteiger partial charge is 0.338 e. The van der Waals surface area contributed by atoms with Crippen molar-refractivity contribution in [1.82, 2.24) is 10.3 Å². The molecule has 6 heteroatoms. The van der Waals surface area contributed by atoms with Crippen molar-refractivity contribution >= 4 is 34.5 Å². The van der Waals surface area contributed by atoms with Crippen LogP contribution >= 0.6 is 11.8 Å². The standard InChI is InChI=1S/C23H24N2O3S/c26-22(24-12-13-29-17-6-2-1-3-7-17)15-28-23(27)16-10-11-21-19(14-16)18-8-4-5-9-20(18)25-21/h1-3,6-7,10-11,14,25H,4-5,8-9,12-13,15H2,(H,24,26). The fourth-order valence-electron chi connectivity index (χ4n) is 3.67. The van der Waals surface area contributed by atoms with Gasteiger partial charge < -0.3 is 15.0 Å². The molecule has 3 aromatic rings. The Morgan fingerprint density at radius 2 is 1.90 bits per heavy atom. The molecule has 29 heavy (non-hydrogen) atoms. The number of aromatic nitrogens is 1. The number of hydrogen-bond donors (Lipinski definition) is 2. The number of H-pyrrole nitrogens is 1. The highest BCUT2D eigenvalue weighted by molar-refractivity contribution is 7.99. The lowest BCUT2D eigenvalue weighted by atomic mass is 9.95. The highest BCUT2D eigenvalue weighted by atomic mass is 32.2. The maximum Gasteiger partial charge on any atom is 0.338 e. The zero-order valence-electron chi connectivity index (χ0n) is 16.2. The van der Waals surface area contributed by atoms with Crippen LogP contribution in [0, 0.1) is 0 Å². The molecule has 0 radical (unpaired) electrons. The van der Waals surface area contributed by atoms with Crippen LogP contribution in [0.2, 0.25) is 0 Å². The number of thioether (sulfide) groups is 1. The summed E-state index contributed by atoms with van der Waals surface area (Å²) in [5, 5.41) is 3.88. The van der Waals surface area contributed by atoms with E-state index in [0.717, 1.165) is 34.4 Å². The molecule has 0 fully saturated rings. The molecule has 4 rings (SSSR count). The maximum absolute atomic E-state index is 12.4. The molecule has 5 nitrogen and oxygen atoms in total. The molecular weight excluding hydrogens is 384 g/mol. The largest absolute Gasteiger partial charge is 0.452 e. The SMILES string of the molecule is O=C(COC(=O)c1ccc2[nH]c3c(c2c1)CCCC3)NCCSc1ccccc1. The zero-order valence-corrected chi connectivity index (χ0v) is 17.0. The number of fused-ring (bicyclic) bond motifs is 3. The van der Waals surface area contributed by atoms with Gasteiger partial charge in [-0.1, -0.05) is 18.2 Å². The molecule has 0 saturated heterocycles. The Labute approximate surface area is 174 Å². The Bertz CT molecular complexity index is 1010. The zero-order chi connectivity index (χ0) is 20.1. The third kappa shape index (κ3) is 4.82. The first-order chi connectivity index (χ1) is 14.2. The lowest BCUT2D eigenvalue weighted by Crippen LogP contribution is -2.30. The first-order valence-electron chi connectivity index (χ1n) is 9.96. The van der Waals surface area contributed by atoms with Crippen LogP contribution in [-0.4, -0.2) is 35.8 Å². The van der Waals surface area contributed by atoms with Gasteiger partial charge in [0, 0.05) is 33.8 Å². The fourth-order valence-corrected chi connectivity index (χ4v) is 4.46. The Morgan fingerprint density at radius 3 is 2.76 bits per heavy atom. The van der Waals surface area contributed by atoms with E-state index in [4.69, 9.17) is 4.74 Å². The summed E-state index contributed by atoms with van der Waals surface area (Å²) in [6.45, 7) is 0.259. The number of aryl methyl sites for hydroxylation is 2. The second-order valence-corrected chi connectivity index (χ2v) is 8.31. The molecule has 1 heterocycles. The monoisotopic (exact) mass is 408 g/mol. The molecule has 1 aromatic heterocycles. The van der Waals surface area contributed by atoms with Gasteiger partial charge in [0.25, 0.3) is 5.91 Å². The van der Waals surface area contributed by atoms with E-state index in [0.29, 0.717) is 12.1 Å². The van der Waals surface area contributed by atoms with Crippen molar-refractivity contribution in [2.24, 2.45) is 0 Å². The van der Waals surface area contributed by atoms with Gasteiger partial charge in [-0.05, 0) is 61.6 Å². The predicted octanol–water partition coefficient (Wildman–Crippen LogP) is 4.11. The molecule has 0 unspecified atom stereocenters. The van der Waals surface area contributed by atoms with Crippen molar-refractivity contribution in [2.45, 2.75) is 30.6 Å². The summed E-state index contributed by atoms with van der Waals surface area (Å²) in [6, 6.07) is 15.6. The van der Waals surface area contributed by atoms with Crippen LogP contribution in [0.3, 0.4) is 0 Å². The van der Waals surface area contributed by atoms with Crippen LogP contribution in [0.4, 0.5) is 0 Å². The summed E-state index contributed by atoms with van der Waals surface area (Å²) < 4.78 is 5.21. The predicted molar refractivity (Wildman–Crippen MR) is 115 cm³/mol. The number of esters is 1. The molecule has 0 aliphatic heterocycles. The van der Waals surface area contributed by atoms with E-state index in [1.54, 1.807) is 17.8 Å². The van der Waals surface area contributed by atoms with Gasteiger partial charge in [-0.2, -0.15) is 0 Å². The van der Waals surface area contributed by atoms with E-state index in [9.17, 15) is 9.59 Å². The fraction of sp³-hybridized carbons (Fsp3) is 0.304. The number of hydrogen-bond acceptors (Lipinski definition) is 4. The van der Waals surface area contributed by atoms with Crippen molar-refractivity contribution in [3.05, 3.63) is 65.4 Å². The first kappa shape index (κ1) is 19.6. The quantitative estimate of drug-likeness (QED) is 0.351. The Balaban J connectivity index is 1.26. The van der Waals surface area contributed by atoms with Gasteiger partial charge >= 0.3 is 5.97 Å². The van der Waals surface area contributed by atoms with E-state index >= 15 is 0 Å². The van der Waals surface area contributed by atoms with Gasteiger partial charge in [-0.25, -0.2) is 4.79 Å². The van der Waals surface area contributed by atoms with E-state index in [1.807, 2.05) is 42.5 Å². The van der Waals surface area contributed by atoms with Gasteiger partial charge in [-0.3, -0.25) is 4.79 Å². The van der Waals surface area contributed by atoms with Crippen LogP contribution in [0.5, 0.6) is 0 Å². The van der Waals surface area contributed by atoms with Crippen molar-refractivity contribution in [1.29, 1.82) is 0 Å². The van der Waals surface area contributed by atoms with Crippen molar-refractivity contribution < 1.29 is 14.3 Å². The number of carbonyl (C=O) groups excluding carboxylic acids is 2. The van der Waals surface area contributed by atoms with Gasteiger partial charge in [0.2, 0.25) is 0 Å². The minimum absolute atomic E-state index is 0.266. The van der Waals surface area contributed by atoms with Crippen molar-refractivity contribution in [3.63, 3.8) is 0 Å². The van der Waals surface area contributed by atoms with Gasteiger partial charge in [0.1, 0.15) is 0 Å². The molecule has 0 bridgehead atoms. The molecule has 1 amide bonds. The van der Waals surface area contributed by atoms with E-state index in [-0.39, 0.29) is 12.5 Å². The Morgan fingerprint density at radius 1 is 1.07 bits per heavy atom. The normalized spacial score (nSPS) is 13.1. The number of nitrogens with one attached hydrogen (secondary N) is 2. The summed E-state index contributed by atoms with van der Waals surface area (Å²) in [5.41, 5.74) is 4.14. The topological polar surface area (TPSA) is 71.2 Å². The summed E-state index contributed by atoms with van der Waals surface area (Å²) >= 11 is 1.67. The highest BCUT2D eigenvalue weighted by Crippen LogP contribution is 2.29. The molecule has 2 N–H and O–H groups in total. The summed E-state index contributed by atoms with van der Waals surface area (Å²) in [4.78, 5) is 28.9. The van der Waals surface area contributed by atoms with E-state index in [1.165, 1.54) is 24.1 Å². The molecule has 150 valence electrons.